The highest BCUT2D eigenvalue weighted by Gasteiger charge is 2.20. The van der Waals surface area contributed by atoms with Crippen LogP contribution in [-0.4, -0.2) is 30.2 Å². The van der Waals surface area contributed by atoms with E-state index in [1.54, 1.807) is 24.3 Å². The van der Waals surface area contributed by atoms with Crippen molar-refractivity contribution in [3.63, 3.8) is 0 Å². The number of hydrogen-bond donors (Lipinski definition) is 1. The lowest BCUT2D eigenvalue weighted by Gasteiger charge is -2.24. The van der Waals surface area contributed by atoms with Crippen LogP contribution >= 0.6 is 0 Å². The van der Waals surface area contributed by atoms with Crippen LogP contribution in [0.1, 0.15) is 22.3 Å². The number of carbonyl (C=O) groups is 2. The Labute approximate surface area is 154 Å². The quantitative estimate of drug-likeness (QED) is 0.664. The third-order valence-electron chi connectivity index (χ3n) is 4.35. The molecule has 1 amide bonds. The van der Waals surface area contributed by atoms with Crippen LogP contribution in [0.15, 0.2) is 48.0 Å². The van der Waals surface area contributed by atoms with Crippen molar-refractivity contribution in [3.8, 4) is 6.19 Å². The van der Waals surface area contributed by atoms with E-state index in [0.29, 0.717) is 24.2 Å². The normalized spacial score (nSPS) is 13.9. The van der Waals surface area contributed by atoms with Gasteiger partial charge in [0, 0.05) is 17.8 Å². The molecule has 7 heteroatoms. The second-order valence-corrected chi connectivity index (χ2v) is 6.02. The number of aldehydes is 1. The Kier molecular flexibility index (Phi) is 5.27. The van der Waals surface area contributed by atoms with Crippen LogP contribution in [0, 0.1) is 23.1 Å². The maximum Gasteiger partial charge on any atom is 0.261 e. The minimum Gasteiger partial charge on any atom is -0.322 e. The first-order valence-corrected chi connectivity index (χ1v) is 8.21. The number of carbonyl (C=O) groups excluding carboxylic acids is 2. The molecule has 0 spiro atoms. The number of nitrogens with zero attached hydrogens (tertiary/aromatic N) is 2. The summed E-state index contributed by atoms with van der Waals surface area (Å²) < 4.78 is 27.4. The van der Waals surface area contributed by atoms with Crippen molar-refractivity contribution in [1.29, 1.82) is 5.26 Å². The van der Waals surface area contributed by atoms with E-state index in [1.165, 1.54) is 11.0 Å². The van der Waals surface area contributed by atoms with Gasteiger partial charge >= 0.3 is 0 Å². The summed E-state index contributed by atoms with van der Waals surface area (Å²) in [6.45, 7) is 0.786. The van der Waals surface area contributed by atoms with Crippen molar-refractivity contribution >= 4 is 23.5 Å². The first-order chi connectivity index (χ1) is 13.0. The SMILES string of the molecule is N#CN1CCC(c2ccc(NC(=O)c3c(F)cccc3F)cc2)=C(C=O)C1. The standard InChI is InChI=1S/C20H15F2N3O2/c21-17-2-1-3-18(22)19(17)20(27)24-15-6-4-13(5-7-15)16-8-9-25(12-23)10-14(16)11-26/h1-7,11H,8-10H2,(H,24,27). The Balaban J connectivity index is 1.80. The molecule has 0 fully saturated rings. The Hall–Kier alpha value is -3.53. The molecule has 0 saturated carbocycles. The largest absolute Gasteiger partial charge is 0.322 e. The summed E-state index contributed by atoms with van der Waals surface area (Å²) in [7, 11) is 0. The summed E-state index contributed by atoms with van der Waals surface area (Å²) in [5.74, 6) is -2.75. The molecular weight excluding hydrogens is 352 g/mol. The molecule has 0 bridgehead atoms. The molecule has 0 aliphatic carbocycles. The van der Waals surface area contributed by atoms with Crippen LogP contribution < -0.4 is 5.32 Å². The molecule has 2 aromatic rings. The molecule has 0 atom stereocenters. The zero-order valence-corrected chi connectivity index (χ0v) is 14.2. The Morgan fingerprint density at radius 1 is 1.15 bits per heavy atom. The van der Waals surface area contributed by atoms with Crippen LogP contribution in [-0.2, 0) is 4.79 Å². The summed E-state index contributed by atoms with van der Waals surface area (Å²) in [5, 5.41) is 11.4. The molecule has 1 heterocycles. The van der Waals surface area contributed by atoms with Crippen molar-refractivity contribution < 1.29 is 18.4 Å². The number of amides is 1. The number of halogens is 2. The van der Waals surface area contributed by atoms with Crippen LogP contribution in [0.4, 0.5) is 14.5 Å². The summed E-state index contributed by atoms with van der Waals surface area (Å²) in [4.78, 5) is 24.9. The zero-order valence-electron chi connectivity index (χ0n) is 14.2. The fraction of sp³-hybridized carbons (Fsp3) is 0.150. The third-order valence-corrected chi connectivity index (χ3v) is 4.35. The molecule has 136 valence electrons. The van der Waals surface area contributed by atoms with Gasteiger partial charge < -0.3 is 10.2 Å². The van der Waals surface area contributed by atoms with E-state index in [1.807, 2.05) is 6.19 Å². The second-order valence-electron chi connectivity index (χ2n) is 6.02. The molecule has 1 aliphatic heterocycles. The second kappa shape index (κ2) is 7.79. The zero-order chi connectivity index (χ0) is 19.4. The summed E-state index contributed by atoms with van der Waals surface area (Å²) >= 11 is 0. The molecule has 0 unspecified atom stereocenters. The molecule has 0 aromatic heterocycles. The van der Waals surface area contributed by atoms with Gasteiger partial charge in [0.25, 0.3) is 5.91 Å². The summed E-state index contributed by atoms with van der Waals surface area (Å²) in [6.07, 6.45) is 3.32. The van der Waals surface area contributed by atoms with E-state index in [-0.39, 0.29) is 6.54 Å². The van der Waals surface area contributed by atoms with Crippen LogP contribution in [0.3, 0.4) is 0 Å². The van der Waals surface area contributed by atoms with E-state index in [2.05, 4.69) is 5.32 Å². The van der Waals surface area contributed by atoms with Crippen LogP contribution in [0.2, 0.25) is 0 Å². The number of anilines is 1. The Morgan fingerprint density at radius 3 is 2.41 bits per heavy atom. The molecule has 0 saturated heterocycles. The van der Waals surface area contributed by atoms with Gasteiger partial charge in [0.05, 0.1) is 6.54 Å². The fourth-order valence-electron chi connectivity index (χ4n) is 2.97. The number of nitrogens with one attached hydrogen (secondary N) is 1. The highest BCUT2D eigenvalue weighted by Crippen LogP contribution is 2.27. The minimum absolute atomic E-state index is 0.264. The smallest absolute Gasteiger partial charge is 0.261 e. The lowest BCUT2D eigenvalue weighted by atomic mass is 9.94. The average Bonchev–Trinajstić information content (AvgIpc) is 2.68. The van der Waals surface area contributed by atoms with Crippen molar-refractivity contribution in [1.82, 2.24) is 4.90 Å². The van der Waals surface area contributed by atoms with E-state index in [4.69, 9.17) is 5.26 Å². The van der Waals surface area contributed by atoms with E-state index in [0.717, 1.165) is 29.6 Å². The van der Waals surface area contributed by atoms with Gasteiger partial charge in [0.1, 0.15) is 23.5 Å². The van der Waals surface area contributed by atoms with Gasteiger partial charge in [-0.25, -0.2) is 8.78 Å². The summed E-state index contributed by atoms with van der Waals surface area (Å²) in [6, 6.07) is 9.84. The highest BCUT2D eigenvalue weighted by molar-refractivity contribution is 6.04. The molecule has 0 radical (unpaired) electrons. The average molecular weight is 367 g/mol. The van der Waals surface area contributed by atoms with Crippen molar-refractivity contribution in [2.24, 2.45) is 0 Å². The van der Waals surface area contributed by atoms with Crippen LogP contribution in [0.5, 0.6) is 0 Å². The monoisotopic (exact) mass is 367 g/mol. The summed E-state index contributed by atoms with van der Waals surface area (Å²) in [5.41, 5.74) is 1.90. The van der Waals surface area contributed by atoms with Gasteiger partial charge in [-0.15, -0.1) is 0 Å². The first kappa shape index (κ1) is 18.3. The van der Waals surface area contributed by atoms with Gasteiger partial charge in [-0.1, -0.05) is 18.2 Å². The van der Waals surface area contributed by atoms with E-state index < -0.39 is 23.1 Å². The number of benzene rings is 2. The van der Waals surface area contributed by atoms with Crippen molar-refractivity contribution in [3.05, 3.63) is 70.8 Å². The van der Waals surface area contributed by atoms with Crippen molar-refractivity contribution in [2.45, 2.75) is 6.42 Å². The highest BCUT2D eigenvalue weighted by atomic mass is 19.1. The topological polar surface area (TPSA) is 73.2 Å². The number of hydrogen-bond acceptors (Lipinski definition) is 4. The fourth-order valence-corrected chi connectivity index (χ4v) is 2.97. The number of nitriles is 1. The van der Waals surface area contributed by atoms with Gasteiger partial charge in [0.2, 0.25) is 0 Å². The molecule has 2 aromatic carbocycles. The molecule has 1 N–H and O–H groups in total. The Bertz CT molecular complexity index is 942. The predicted octanol–water partition coefficient (Wildman–Crippen LogP) is 3.36. The molecule has 3 rings (SSSR count). The molecule has 27 heavy (non-hydrogen) atoms. The third kappa shape index (κ3) is 3.85. The molecule has 5 nitrogen and oxygen atoms in total. The van der Waals surface area contributed by atoms with Crippen LogP contribution in [0.25, 0.3) is 5.57 Å². The predicted molar refractivity (Wildman–Crippen MR) is 95.5 cm³/mol. The van der Waals surface area contributed by atoms with Gasteiger partial charge in [-0.3, -0.25) is 9.59 Å². The van der Waals surface area contributed by atoms with E-state index in [9.17, 15) is 18.4 Å². The van der Waals surface area contributed by atoms with Crippen molar-refractivity contribution in [2.75, 3.05) is 18.4 Å². The first-order valence-electron chi connectivity index (χ1n) is 8.21. The maximum absolute atomic E-state index is 13.7. The lowest BCUT2D eigenvalue weighted by Crippen LogP contribution is -2.27. The number of rotatable bonds is 4. The van der Waals surface area contributed by atoms with E-state index >= 15 is 0 Å². The van der Waals surface area contributed by atoms with Gasteiger partial charge in [-0.05, 0) is 41.8 Å². The Morgan fingerprint density at radius 2 is 1.81 bits per heavy atom. The maximum atomic E-state index is 13.7. The molecular formula is C20H15F2N3O2. The van der Waals surface area contributed by atoms with Gasteiger partial charge in [0.15, 0.2) is 6.19 Å². The van der Waals surface area contributed by atoms with Gasteiger partial charge in [-0.2, -0.15) is 5.26 Å². The minimum atomic E-state index is -0.936. The lowest BCUT2D eigenvalue weighted by molar-refractivity contribution is -0.105. The molecule has 1 aliphatic rings.